The number of ether oxygens (including phenoxy) is 1. The van der Waals surface area contributed by atoms with Crippen LogP contribution >= 0.6 is 0 Å². The predicted octanol–water partition coefficient (Wildman–Crippen LogP) is 0.295. The van der Waals surface area contributed by atoms with Crippen LogP contribution in [0.4, 0.5) is 5.69 Å². The quantitative estimate of drug-likeness (QED) is 0.810. The first-order chi connectivity index (χ1) is 9.46. The van der Waals surface area contributed by atoms with Gasteiger partial charge in [-0.05, 0) is 30.7 Å². The van der Waals surface area contributed by atoms with Gasteiger partial charge in [0, 0.05) is 18.8 Å². The predicted molar refractivity (Wildman–Crippen MR) is 76.2 cm³/mol. The van der Waals surface area contributed by atoms with Gasteiger partial charge in [0.15, 0.2) is 16.4 Å². The van der Waals surface area contributed by atoms with Gasteiger partial charge >= 0.3 is 0 Å². The van der Waals surface area contributed by atoms with E-state index in [1.165, 1.54) is 0 Å². The average molecular weight is 298 g/mol. The van der Waals surface area contributed by atoms with Crippen LogP contribution in [0.25, 0.3) is 0 Å². The topological polar surface area (TPSA) is 89.7 Å². The molecule has 0 spiro atoms. The highest BCUT2D eigenvalue weighted by atomic mass is 32.2. The lowest BCUT2D eigenvalue weighted by Crippen LogP contribution is -2.37. The number of sulfone groups is 1. The Bertz CT molecular complexity index is 569. The summed E-state index contributed by atoms with van der Waals surface area (Å²) < 4.78 is 28.3. The Balaban J connectivity index is 1.87. The lowest BCUT2D eigenvalue weighted by Gasteiger charge is -2.19. The van der Waals surface area contributed by atoms with E-state index in [-0.39, 0.29) is 30.6 Å². The maximum absolute atomic E-state index is 12.0. The van der Waals surface area contributed by atoms with Crippen LogP contribution in [0.15, 0.2) is 24.3 Å². The number of rotatable bonds is 3. The molecule has 2 rings (SSSR count). The molecule has 1 aromatic carbocycles. The Morgan fingerprint density at radius 3 is 2.60 bits per heavy atom. The summed E-state index contributed by atoms with van der Waals surface area (Å²) in [6.07, 6.45) is 0.482. The molecule has 1 fully saturated rings. The van der Waals surface area contributed by atoms with Crippen LogP contribution in [0, 0.1) is 0 Å². The van der Waals surface area contributed by atoms with E-state index in [0.29, 0.717) is 24.4 Å². The zero-order valence-electron chi connectivity index (χ0n) is 11.1. The van der Waals surface area contributed by atoms with E-state index in [4.69, 9.17) is 10.5 Å². The molecule has 0 saturated carbocycles. The zero-order chi connectivity index (χ0) is 14.6. The van der Waals surface area contributed by atoms with E-state index in [0.717, 1.165) is 0 Å². The molecular weight excluding hydrogens is 280 g/mol. The van der Waals surface area contributed by atoms with Crippen LogP contribution in [0.5, 0.6) is 5.75 Å². The highest BCUT2D eigenvalue weighted by Gasteiger charge is 2.22. The summed E-state index contributed by atoms with van der Waals surface area (Å²) in [5.74, 6) is 0.546. The smallest absolute Gasteiger partial charge is 0.260 e. The number of anilines is 1. The van der Waals surface area contributed by atoms with E-state index in [1.54, 1.807) is 29.2 Å². The molecule has 0 unspecified atom stereocenters. The summed E-state index contributed by atoms with van der Waals surface area (Å²) in [5.41, 5.74) is 6.18. The fourth-order valence-corrected chi connectivity index (χ4v) is 3.26. The molecule has 1 aromatic rings. The molecule has 0 aromatic heterocycles. The van der Waals surface area contributed by atoms with Gasteiger partial charge in [-0.3, -0.25) is 4.79 Å². The van der Waals surface area contributed by atoms with Crippen LogP contribution in [0.1, 0.15) is 6.42 Å². The highest BCUT2D eigenvalue weighted by Crippen LogP contribution is 2.13. The van der Waals surface area contributed by atoms with Crippen molar-refractivity contribution >= 4 is 21.4 Å². The molecule has 1 aliphatic rings. The second-order valence-electron chi connectivity index (χ2n) is 4.74. The fraction of sp³-hybridized carbons (Fsp3) is 0.462. The van der Waals surface area contributed by atoms with Crippen LogP contribution in [-0.4, -0.2) is 50.4 Å². The number of nitrogen functional groups attached to an aromatic ring is 1. The van der Waals surface area contributed by atoms with Gasteiger partial charge in [0.2, 0.25) is 0 Å². The third-order valence-corrected chi connectivity index (χ3v) is 4.87. The summed E-state index contributed by atoms with van der Waals surface area (Å²) in [4.78, 5) is 13.5. The Hall–Kier alpha value is -1.76. The first-order valence-electron chi connectivity index (χ1n) is 6.43. The van der Waals surface area contributed by atoms with Crippen molar-refractivity contribution < 1.29 is 17.9 Å². The van der Waals surface area contributed by atoms with E-state index >= 15 is 0 Å². The minimum atomic E-state index is -3.01. The lowest BCUT2D eigenvalue weighted by molar-refractivity contribution is -0.133. The maximum atomic E-state index is 12.0. The van der Waals surface area contributed by atoms with Gasteiger partial charge in [-0.15, -0.1) is 0 Å². The van der Waals surface area contributed by atoms with Crippen molar-refractivity contribution in [2.75, 3.05) is 36.9 Å². The Kier molecular flexibility index (Phi) is 4.49. The first-order valence-corrected chi connectivity index (χ1v) is 8.25. The van der Waals surface area contributed by atoms with E-state index in [2.05, 4.69) is 0 Å². The average Bonchev–Trinajstić information content (AvgIpc) is 2.59. The van der Waals surface area contributed by atoms with Crippen LogP contribution in [0.2, 0.25) is 0 Å². The van der Waals surface area contributed by atoms with Crippen molar-refractivity contribution in [3.8, 4) is 5.75 Å². The van der Waals surface area contributed by atoms with Crippen molar-refractivity contribution in [2.24, 2.45) is 0 Å². The molecule has 2 N–H and O–H groups in total. The van der Waals surface area contributed by atoms with Crippen molar-refractivity contribution in [3.63, 3.8) is 0 Å². The SMILES string of the molecule is Nc1ccc(OCC(=O)N2CCCS(=O)(=O)CC2)cc1. The van der Waals surface area contributed by atoms with Crippen molar-refractivity contribution in [1.82, 2.24) is 4.90 Å². The number of nitrogens with two attached hydrogens (primary N) is 1. The molecule has 1 aliphatic heterocycles. The van der Waals surface area contributed by atoms with E-state index in [9.17, 15) is 13.2 Å². The van der Waals surface area contributed by atoms with Crippen molar-refractivity contribution in [2.45, 2.75) is 6.42 Å². The van der Waals surface area contributed by atoms with Gasteiger partial charge in [0.25, 0.3) is 5.91 Å². The Morgan fingerprint density at radius 2 is 1.90 bits per heavy atom. The fourth-order valence-electron chi connectivity index (χ4n) is 1.99. The molecule has 110 valence electrons. The Morgan fingerprint density at radius 1 is 1.20 bits per heavy atom. The minimum Gasteiger partial charge on any atom is -0.484 e. The maximum Gasteiger partial charge on any atom is 0.260 e. The number of carbonyl (C=O) groups is 1. The molecule has 1 saturated heterocycles. The molecule has 6 nitrogen and oxygen atoms in total. The molecule has 7 heteroatoms. The normalized spacial score (nSPS) is 18.3. The van der Waals surface area contributed by atoms with E-state index in [1.807, 2.05) is 0 Å². The Labute approximate surface area is 118 Å². The molecule has 0 bridgehead atoms. The summed E-state index contributed by atoms with van der Waals surface area (Å²) >= 11 is 0. The highest BCUT2D eigenvalue weighted by molar-refractivity contribution is 7.91. The summed E-state index contributed by atoms with van der Waals surface area (Å²) in [6.45, 7) is 0.611. The molecule has 1 amide bonds. The largest absolute Gasteiger partial charge is 0.484 e. The number of nitrogens with zero attached hydrogens (tertiary/aromatic N) is 1. The molecule has 1 heterocycles. The monoisotopic (exact) mass is 298 g/mol. The second-order valence-corrected chi connectivity index (χ2v) is 7.05. The zero-order valence-corrected chi connectivity index (χ0v) is 11.9. The van der Waals surface area contributed by atoms with Crippen molar-refractivity contribution in [1.29, 1.82) is 0 Å². The second kappa shape index (κ2) is 6.13. The summed E-state index contributed by atoms with van der Waals surface area (Å²) in [7, 11) is -3.01. The number of hydrogen-bond donors (Lipinski definition) is 1. The number of carbonyl (C=O) groups excluding carboxylic acids is 1. The number of amides is 1. The lowest BCUT2D eigenvalue weighted by atomic mass is 10.3. The molecule has 0 atom stereocenters. The van der Waals surface area contributed by atoms with Gasteiger partial charge in [0.05, 0.1) is 11.5 Å². The van der Waals surface area contributed by atoms with Crippen molar-refractivity contribution in [3.05, 3.63) is 24.3 Å². The van der Waals surface area contributed by atoms with Crippen LogP contribution < -0.4 is 10.5 Å². The standard InChI is InChI=1S/C13H18N2O4S/c14-11-2-4-12(5-3-11)19-10-13(16)15-6-1-8-20(17,18)9-7-15/h2-5H,1,6-10,14H2. The number of hydrogen-bond acceptors (Lipinski definition) is 5. The number of benzene rings is 1. The van der Waals surface area contributed by atoms with Gasteiger partial charge < -0.3 is 15.4 Å². The molecular formula is C13H18N2O4S. The molecule has 0 aliphatic carbocycles. The third kappa shape index (κ3) is 4.12. The first kappa shape index (κ1) is 14.6. The molecule has 0 radical (unpaired) electrons. The van der Waals surface area contributed by atoms with Gasteiger partial charge in [-0.2, -0.15) is 0 Å². The summed E-state index contributed by atoms with van der Waals surface area (Å²) in [6, 6.07) is 6.77. The summed E-state index contributed by atoms with van der Waals surface area (Å²) in [5, 5.41) is 0. The van der Waals surface area contributed by atoms with Crippen LogP contribution in [-0.2, 0) is 14.6 Å². The van der Waals surface area contributed by atoms with Gasteiger partial charge in [-0.25, -0.2) is 8.42 Å². The van der Waals surface area contributed by atoms with Gasteiger partial charge in [-0.1, -0.05) is 0 Å². The van der Waals surface area contributed by atoms with Crippen LogP contribution in [0.3, 0.4) is 0 Å². The molecule has 20 heavy (non-hydrogen) atoms. The van der Waals surface area contributed by atoms with E-state index < -0.39 is 9.84 Å². The third-order valence-electron chi connectivity index (χ3n) is 3.15. The van der Waals surface area contributed by atoms with Gasteiger partial charge in [0.1, 0.15) is 5.75 Å². The minimum absolute atomic E-state index is 0.0284.